The molecule has 0 radical (unpaired) electrons. The van der Waals surface area contributed by atoms with Crippen LogP contribution in [0.4, 0.5) is 5.69 Å². The fraction of sp³-hybridized carbons (Fsp3) is 0.217. The summed E-state index contributed by atoms with van der Waals surface area (Å²) in [5.74, 6) is -0.954. The van der Waals surface area contributed by atoms with E-state index < -0.39 is 5.97 Å². The van der Waals surface area contributed by atoms with Crippen molar-refractivity contribution < 1.29 is 9.90 Å². The van der Waals surface area contributed by atoms with Crippen LogP contribution in [-0.2, 0) is 6.42 Å². The number of hydrogen-bond acceptors (Lipinski definition) is 5. The minimum atomic E-state index is -0.954. The van der Waals surface area contributed by atoms with Crippen molar-refractivity contribution in [3.05, 3.63) is 83.2 Å². The maximum Gasteiger partial charge on any atom is 0.337 e. The Kier molecular flexibility index (Phi) is 5.83. The van der Waals surface area contributed by atoms with Crippen LogP contribution in [0, 0.1) is 6.92 Å². The molecule has 0 spiro atoms. The summed E-state index contributed by atoms with van der Waals surface area (Å²) >= 11 is 1.78. The van der Waals surface area contributed by atoms with Crippen LogP contribution >= 0.6 is 11.8 Å². The van der Waals surface area contributed by atoms with E-state index in [0.29, 0.717) is 12.2 Å². The third-order valence-corrected chi connectivity index (χ3v) is 6.08. The zero-order valence-corrected chi connectivity index (χ0v) is 17.0. The number of fused-ring (bicyclic) bond motifs is 1. The molecule has 6 heteroatoms. The zero-order valence-electron chi connectivity index (χ0n) is 16.2. The van der Waals surface area contributed by atoms with Crippen molar-refractivity contribution in [1.29, 1.82) is 0 Å². The summed E-state index contributed by atoms with van der Waals surface area (Å²) in [4.78, 5) is 17.9. The highest BCUT2D eigenvalue weighted by atomic mass is 32.2. The van der Waals surface area contributed by atoms with Crippen LogP contribution < -0.4 is 10.6 Å². The lowest BCUT2D eigenvalue weighted by Gasteiger charge is -2.28. The highest BCUT2D eigenvalue weighted by molar-refractivity contribution is 7.99. The second-order valence-electron chi connectivity index (χ2n) is 7.14. The van der Waals surface area contributed by atoms with Crippen LogP contribution in [0.5, 0.6) is 0 Å². The molecule has 3 N–H and O–H groups in total. The lowest BCUT2D eigenvalue weighted by atomic mass is 9.94. The summed E-state index contributed by atoms with van der Waals surface area (Å²) in [5, 5.41) is 16.1. The van der Waals surface area contributed by atoms with E-state index in [1.54, 1.807) is 18.0 Å². The summed E-state index contributed by atoms with van der Waals surface area (Å²) in [6.45, 7) is 3.60. The van der Waals surface area contributed by atoms with Gasteiger partial charge in [0, 0.05) is 28.6 Å². The number of aromatic nitrogens is 1. The number of anilines is 1. The molecule has 0 bridgehead atoms. The second kappa shape index (κ2) is 8.68. The van der Waals surface area contributed by atoms with E-state index in [1.165, 1.54) is 38.7 Å². The number of carboxylic acids is 1. The fourth-order valence-electron chi connectivity index (χ4n) is 3.55. The predicted octanol–water partition coefficient (Wildman–Crippen LogP) is 4.54. The molecule has 3 aromatic rings. The van der Waals surface area contributed by atoms with Crippen LogP contribution in [0.3, 0.4) is 0 Å². The molecular formula is C23H23N3O2S. The Morgan fingerprint density at radius 3 is 2.79 bits per heavy atom. The Balaban J connectivity index is 1.48. The minimum absolute atomic E-state index is 0.124. The van der Waals surface area contributed by atoms with Gasteiger partial charge in [-0.15, -0.1) is 0 Å². The standard InChI is InChI=1S/C23H23N3O2S/c1-15-2-4-17(5-3-15)29-18-6-7-19-16(12-18)8-11-25-22(19)14-26-21-13-24-10-9-20(21)23(27)28/h2-7,9-10,12-13,22,25-26H,8,11,14H2,1H3,(H,27,28)/t22-/m1/s1. The van der Waals surface area contributed by atoms with E-state index in [4.69, 9.17) is 0 Å². The largest absolute Gasteiger partial charge is 0.478 e. The summed E-state index contributed by atoms with van der Waals surface area (Å²) in [5.41, 5.74) is 4.65. The van der Waals surface area contributed by atoms with Crippen molar-refractivity contribution in [2.75, 3.05) is 18.4 Å². The van der Waals surface area contributed by atoms with Gasteiger partial charge in [0.25, 0.3) is 0 Å². The van der Waals surface area contributed by atoms with E-state index in [1.807, 2.05) is 0 Å². The topological polar surface area (TPSA) is 74.2 Å². The van der Waals surface area contributed by atoms with E-state index in [0.717, 1.165) is 13.0 Å². The summed E-state index contributed by atoms with van der Waals surface area (Å²) in [7, 11) is 0. The van der Waals surface area contributed by atoms with Crippen LogP contribution in [-0.4, -0.2) is 29.1 Å². The molecule has 5 nitrogen and oxygen atoms in total. The summed E-state index contributed by atoms with van der Waals surface area (Å²) in [6.07, 6.45) is 4.05. The third kappa shape index (κ3) is 4.60. The molecule has 148 valence electrons. The molecule has 4 rings (SSSR count). The number of hydrogen-bond donors (Lipinski definition) is 3. The lowest BCUT2D eigenvalue weighted by molar-refractivity contribution is 0.0697. The zero-order chi connectivity index (χ0) is 20.2. The first-order chi connectivity index (χ1) is 14.1. The van der Waals surface area contributed by atoms with Gasteiger partial charge in [-0.2, -0.15) is 0 Å². The smallest absolute Gasteiger partial charge is 0.337 e. The highest BCUT2D eigenvalue weighted by Crippen LogP contribution is 2.32. The van der Waals surface area contributed by atoms with Crippen LogP contribution in [0.2, 0.25) is 0 Å². The molecule has 1 atom stereocenters. The van der Waals surface area contributed by atoms with Gasteiger partial charge in [0.1, 0.15) is 0 Å². The predicted molar refractivity (Wildman–Crippen MR) is 116 cm³/mol. The Bertz CT molecular complexity index is 1020. The SMILES string of the molecule is Cc1ccc(Sc2ccc3c(c2)CCN[C@@H]3CNc2cnccc2C(=O)O)cc1. The number of aryl methyl sites for hydroxylation is 1. The molecule has 1 aliphatic heterocycles. The average Bonchev–Trinajstić information content (AvgIpc) is 2.74. The molecule has 0 aliphatic carbocycles. The van der Waals surface area contributed by atoms with Gasteiger partial charge in [-0.1, -0.05) is 35.5 Å². The molecule has 0 saturated carbocycles. The number of carboxylic acid groups (broad SMARTS) is 1. The summed E-state index contributed by atoms with van der Waals surface area (Å²) in [6, 6.07) is 16.8. The molecule has 0 unspecified atom stereocenters. The number of carbonyl (C=O) groups is 1. The highest BCUT2D eigenvalue weighted by Gasteiger charge is 2.21. The molecule has 29 heavy (non-hydrogen) atoms. The second-order valence-corrected chi connectivity index (χ2v) is 8.29. The monoisotopic (exact) mass is 405 g/mol. The van der Waals surface area contributed by atoms with Crippen LogP contribution in [0.25, 0.3) is 0 Å². The number of rotatable bonds is 6. The number of aromatic carboxylic acids is 1. The van der Waals surface area contributed by atoms with Crippen LogP contribution in [0.15, 0.2) is 70.7 Å². The van der Waals surface area contributed by atoms with Gasteiger partial charge in [0.05, 0.1) is 17.4 Å². The van der Waals surface area contributed by atoms with E-state index in [-0.39, 0.29) is 11.6 Å². The van der Waals surface area contributed by atoms with Crippen molar-refractivity contribution in [3.8, 4) is 0 Å². The average molecular weight is 406 g/mol. The van der Waals surface area contributed by atoms with Gasteiger partial charge in [0.15, 0.2) is 0 Å². The quantitative estimate of drug-likeness (QED) is 0.559. The van der Waals surface area contributed by atoms with Crippen molar-refractivity contribution >= 4 is 23.4 Å². The first kappa shape index (κ1) is 19.5. The molecule has 2 aromatic carbocycles. The molecule has 1 aliphatic rings. The summed E-state index contributed by atoms with van der Waals surface area (Å²) < 4.78 is 0. The van der Waals surface area contributed by atoms with E-state index >= 15 is 0 Å². The molecule has 0 amide bonds. The van der Waals surface area contributed by atoms with E-state index in [2.05, 4.69) is 65.0 Å². The van der Waals surface area contributed by atoms with Crippen molar-refractivity contribution in [1.82, 2.24) is 10.3 Å². The number of benzene rings is 2. The Hall–Kier alpha value is -2.83. The van der Waals surface area contributed by atoms with Crippen LogP contribution in [0.1, 0.15) is 33.1 Å². The maximum absolute atomic E-state index is 11.4. The van der Waals surface area contributed by atoms with Gasteiger partial charge in [-0.25, -0.2) is 4.79 Å². The first-order valence-corrected chi connectivity index (χ1v) is 10.4. The molecular weight excluding hydrogens is 382 g/mol. The third-order valence-electron chi connectivity index (χ3n) is 5.08. The number of nitrogens with one attached hydrogen (secondary N) is 2. The van der Waals surface area contributed by atoms with Gasteiger partial charge in [-0.3, -0.25) is 4.98 Å². The normalized spacial score (nSPS) is 15.6. The Labute approximate surface area is 174 Å². The molecule has 2 heterocycles. The Morgan fingerprint density at radius 2 is 2.00 bits per heavy atom. The molecule has 1 aromatic heterocycles. The van der Waals surface area contributed by atoms with Gasteiger partial charge in [-0.05, 0) is 61.3 Å². The minimum Gasteiger partial charge on any atom is -0.478 e. The number of pyridine rings is 1. The van der Waals surface area contributed by atoms with Gasteiger partial charge < -0.3 is 15.7 Å². The van der Waals surface area contributed by atoms with Gasteiger partial charge in [0.2, 0.25) is 0 Å². The first-order valence-electron chi connectivity index (χ1n) is 9.62. The van der Waals surface area contributed by atoms with Crippen molar-refractivity contribution in [3.63, 3.8) is 0 Å². The molecule has 0 saturated heterocycles. The molecule has 0 fully saturated rings. The maximum atomic E-state index is 11.4. The fourth-order valence-corrected chi connectivity index (χ4v) is 4.43. The number of nitrogens with zero attached hydrogens (tertiary/aromatic N) is 1. The van der Waals surface area contributed by atoms with Gasteiger partial charge >= 0.3 is 5.97 Å². The van der Waals surface area contributed by atoms with Crippen molar-refractivity contribution in [2.24, 2.45) is 0 Å². The Morgan fingerprint density at radius 1 is 1.21 bits per heavy atom. The van der Waals surface area contributed by atoms with E-state index in [9.17, 15) is 9.90 Å². The van der Waals surface area contributed by atoms with Crippen molar-refractivity contribution in [2.45, 2.75) is 29.2 Å². The lowest BCUT2D eigenvalue weighted by Crippen LogP contribution is -2.34.